The van der Waals surface area contributed by atoms with Crippen molar-refractivity contribution in [1.29, 1.82) is 0 Å². The molecule has 2 aromatic heterocycles. The van der Waals surface area contributed by atoms with E-state index in [0.29, 0.717) is 0 Å². The van der Waals surface area contributed by atoms with Crippen molar-refractivity contribution in [2.75, 3.05) is 0 Å². The zero-order valence-electron chi connectivity index (χ0n) is 14.1. The molecule has 0 amide bonds. The first-order valence-electron chi connectivity index (χ1n) is 8.36. The van der Waals surface area contributed by atoms with Crippen molar-refractivity contribution >= 4 is 0 Å². The molecule has 0 unspecified atom stereocenters. The highest BCUT2D eigenvalue weighted by Gasteiger charge is 2.11. The van der Waals surface area contributed by atoms with E-state index in [2.05, 4.69) is 59.6 Å². The molecule has 0 saturated heterocycles. The summed E-state index contributed by atoms with van der Waals surface area (Å²) in [6, 6.07) is 29.0. The molecule has 2 nitrogen and oxygen atoms in total. The summed E-state index contributed by atoms with van der Waals surface area (Å²) in [6.45, 7) is 1.99. The summed E-state index contributed by atoms with van der Waals surface area (Å²) < 4.78 is 0. The Bertz CT molecular complexity index is 975. The summed E-state index contributed by atoms with van der Waals surface area (Å²) in [4.78, 5) is 9.38. The standard InChI is InChI=1S/C23H18N2/c1-17-12-13-20(16-24-17)22-15-14-21(18-8-4-2-5-9-18)23(25-22)19-10-6-3-7-11-19/h2-16H,1H3. The summed E-state index contributed by atoms with van der Waals surface area (Å²) in [7, 11) is 0. The van der Waals surface area contributed by atoms with E-state index in [1.807, 2.05) is 43.5 Å². The largest absolute Gasteiger partial charge is 0.261 e. The lowest BCUT2D eigenvalue weighted by Crippen LogP contribution is -1.93. The van der Waals surface area contributed by atoms with Gasteiger partial charge >= 0.3 is 0 Å². The van der Waals surface area contributed by atoms with Crippen LogP contribution in [0.15, 0.2) is 91.1 Å². The number of rotatable bonds is 3. The molecule has 0 atom stereocenters. The monoisotopic (exact) mass is 322 g/mol. The molecular weight excluding hydrogens is 304 g/mol. The van der Waals surface area contributed by atoms with Crippen molar-refractivity contribution < 1.29 is 0 Å². The van der Waals surface area contributed by atoms with Gasteiger partial charge in [0, 0.05) is 28.6 Å². The molecular formula is C23H18N2. The average molecular weight is 322 g/mol. The fourth-order valence-corrected chi connectivity index (χ4v) is 2.91. The van der Waals surface area contributed by atoms with Gasteiger partial charge in [-0.3, -0.25) is 4.98 Å². The van der Waals surface area contributed by atoms with Crippen LogP contribution >= 0.6 is 0 Å². The molecule has 120 valence electrons. The van der Waals surface area contributed by atoms with Gasteiger partial charge in [0.2, 0.25) is 0 Å². The van der Waals surface area contributed by atoms with Crippen molar-refractivity contribution in [2.24, 2.45) is 0 Å². The van der Waals surface area contributed by atoms with E-state index in [4.69, 9.17) is 4.98 Å². The minimum Gasteiger partial charge on any atom is -0.261 e. The van der Waals surface area contributed by atoms with Gasteiger partial charge in [-0.05, 0) is 30.7 Å². The lowest BCUT2D eigenvalue weighted by molar-refractivity contribution is 1.19. The van der Waals surface area contributed by atoms with E-state index < -0.39 is 0 Å². The van der Waals surface area contributed by atoms with Crippen LogP contribution in [0.5, 0.6) is 0 Å². The van der Waals surface area contributed by atoms with Gasteiger partial charge in [0.05, 0.1) is 11.4 Å². The smallest absolute Gasteiger partial charge is 0.0787 e. The Labute approximate surface area is 147 Å². The van der Waals surface area contributed by atoms with E-state index in [1.54, 1.807) is 0 Å². The van der Waals surface area contributed by atoms with Gasteiger partial charge in [0.1, 0.15) is 0 Å². The number of hydrogen-bond donors (Lipinski definition) is 0. The summed E-state index contributed by atoms with van der Waals surface area (Å²) >= 11 is 0. The van der Waals surface area contributed by atoms with Gasteiger partial charge in [0.25, 0.3) is 0 Å². The molecule has 0 aliphatic carbocycles. The SMILES string of the molecule is Cc1ccc(-c2ccc(-c3ccccc3)c(-c3ccccc3)n2)cn1. The van der Waals surface area contributed by atoms with Crippen LogP contribution in [0.3, 0.4) is 0 Å². The Hall–Kier alpha value is -3.26. The summed E-state index contributed by atoms with van der Waals surface area (Å²) in [5.74, 6) is 0. The lowest BCUT2D eigenvalue weighted by atomic mass is 9.98. The molecule has 0 saturated carbocycles. The van der Waals surface area contributed by atoms with E-state index >= 15 is 0 Å². The minimum atomic E-state index is 0.936. The number of nitrogens with zero attached hydrogens (tertiary/aromatic N) is 2. The topological polar surface area (TPSA) is 25.8 Å². The quantitative estimate of drug-likeness (QED) is 0.477. The minimum absolute atomic E-state index is 0.936. The number of pyridine rings is 2. The normalized spacial score (nSPS) is 10.6. The molecule has 25 heavy (non-hydrogen) atoms. The fourth-order valence-electron chi connectivity index (χ4n) is 2.91. The van der Waals surface area contributed by atoms with Gasteiger partial charge in [-0.2, -0.15) is 0 Å². The average Bonchev–Trinajstić information content (AvgIpc) is 2.69. The predicted octanol–water partition coefficient (Wildman–Crippen LogP) is 5.79. The zero-order chi connectivity index (χ0) is 17.1. The van der Waals surface area contributed by atoms with E-state index in [1.165, 1.54) is 5.56 Å². The van der Waals surface area contributed by atoms with E-state index in [0.717, 1.165) is 33.8 Å². The zero-order valence-corrected chi connectivity index (χ0v) is 14.1. The second-order valence-electron chi connectivity index (χ2n) is 6.01. The second kappa shape index (κ2) is 6.70. The Kier molecular flexibility index (Phi) is 4.09. The van der Waals surface area contributed by atoms with Gasteiger partial charge in [0.15, 0.2) is 0 Å². The molecule has 0 aliphatic rings. The summed E-state index contributed by atoms with van der Waals surface area (Å²) in [5.41, 5.74) is 7.38. The van der Waals surface area contributed by atoms with Crippen molar-refractivity contribution in [1.82, 2.24) is 9.97 Å². The van der Waals surface area contributed by atoms with Crippen LogP contribution in [-0.2, 0) is 0 Å². The third kappa shape index (κ3) is 3.20. The summed E-state index contributed by atoms with van der Waals surface area (Å²) in [5, 5.41) is 0. The van der Waals surface area contributed by atoms with Crippen LogP contribution in [0.4, 0.5) is 0 Å². The van der Waals surface area contributed by atoms with Gasteiger partial charge < -0.3 is 0 Å². The maximum atomic E-state index is 4.98. The van der Waals surface area contributed by atoms with Gasteiger partial charge in [-0.25, -0.2) is 4.98 Å². The van der Waals surface area contributed by atoms with Crippen molar-refractivity contribution in [3.05, 3.63) is 96.8 Å². The number of hydrogen-bond acceptors (Lipinski definition) is 2. The first-order valence-corrected chi connectivity index (χ1v) is 8.36. The fraction of sp³-hybridized carbons (Fsp3) is 0.0435. The van der Waals surface area contributed by atoms with Crippen LogP contribution in [0.25, 0.3) is 33.6 Å². The van der Waals surface area contributed by atoms with E-state index in [-0.39, 0.29) is 0 Å². The first kappa shape index (κ1) is 15.3. The predicted molar refractivity (Wildman–Crippen MR) is 103 cm³/mol. The first-order chi connectivity index (χ1) is 12.3. The van der Waals surface area contributed by atoms with Crippen molar-refractivity contribution in [2.45, 2.75) is 6.92 Å². The molecule has 0 fully saturated rings. The van der Waals surface area contributed by atoms with E-state index in [9.17, 15) is 0 Å². The van der Waals surface area contributed by atoms with Gasteiger partial charge in [-0.15, -0.1) is 0 Å². The van der Waals surface area contributed by atoms with Crippen LogP contribution in [0, 0.1) is 6.92 Å². The van der Waals surface area contributed by atoms with Crippen molar-refractivity contribution in [3.63, 3.8) is 0 Å². The molecule has 4 aromatic rings. The highest BCUT2D eigenvalue weighted by Crippen LogP contribution is 2.32. The molecule has 4 rings (SSSR count). The molecule has 0 spiro atoms. The van der Waals surface area contributed by atoms with Crippen LogP contribution in [0.2, 0.25) is 0 Å². The third-order valence-corrected chi connectivity index (χ3v) is 4.23. The lowest BCUT2D eigenvalue weighted by Gasteiger charge is -2.12. The Morgan fingerprint density at radius 3 is 1.92 bits per heavy atom. The molecule has 0 radical (unpaired) electrons. The Balaban J connectivity index is 1.90. The molecule has 2 heterocycles. The maximum Gasteiger partial charge on any atom is 0.0787 e. The highest BCUT2D eigenvalue weighted by molar-refractivity contribution is 5.82. The molecule has 0 aliphatic heterocycles. The second-order valence-corrected chi connectivity index (χ2v) is 6.01. The highest BCUT2D eigenvalue weighted by atomic mass is 14.7. The molecule has 2 aromatic carbocycles. The Morgan fingerprint density at radius 2 is 1.28 bits per heavy atom. The molecule has 2 heteroatoms. The maximum absolute atomic E-state index is 4.98. The molecule has 0 N–H and O–H groups in total. The number of aryl methyl sites for hydroxylation is 1. The van der Waals surface area contributed by atoms with Gasteiger partial charge in [-0.1, -0.05) is 66.7 Å². The van der Waals surface area contributed by atoms with Crippen LogP contribution in [-0.4, -0.2) is 9.97 Å². The van der Waals surface area contributed by atoms with Crippen LogP contribution < -0.4 is 0 Å². The third-order valence-electron chi connectivity index (χ3n) is 4.23. The molecule has 0 bridgehead atoms. The number of aromatic nitrogens is 2. The summed E-state index contributed by atoms with van der Waals surface area (Å²) in [6.07, 6.45) is 1.88. The number of benzene rings is 2. The Morgan fingerprint density at radius 1 is 0.600 bits per heavy atom. The van der Waals surface area contributed by atoms with Crippen molar-refractivity contribution in [3.8, 4) is 33.6 Å². The van der Waals surface area contributed by atoms with Crippen LogP contribution in [0.1, 0.15) is 5.69 Å².